The van der Waals surface area contributed by atoms with Gasteiger partial charge in [0, 0.05) is 37.0 Å². The lowest BCUT2D eigenvalue weighted by molar-refractivity contribution is 0.00297. The molecule has 8 heteroatoms. The normalized spacial score (nSPS) is 21.1. The molecule has 0 amide bonds. The molecule has 0 radical (unpaired) electrons. The zero-order valence-electron chi connectivity index (χ0n) is 19.6. The highest BCUT2D eigenvalue weighted by Crippen LogP contribution is 2.46. The molecule has 178 valence electrons. The Morgan fingerprint density at radius 3 is 2.64 bits per heavy atom. The van der Waals surface area contributed by atoms with E-state index < -0.39 is 11.4 Å². The van der Waals surface area contributed by atoms with Gasteiger partial charge in [-0.05, 0) is 18.1 Å². The maximum absolute atomic E-state index is 14.7. The van der Waals surface area contributed by atoms with E-state index >= 15 is 0 Å². The van der Waals surface area contributed by atoms with Crippen molar-refractivity contribution in [2.75, 3.05) is 33.2 Å². The molecule has 6 nitrogen and oxygen atoms in total. The molecule has 0 aliphatic carbocycles. The van der Waals surface area contributed by atoms with Crippen molar-refractivity contribution < 1.29 is 18.6 Å². The van der Waals surface area contributed by atoms with Crippen molar-refractivity contribution in [1.29, 1.82) is 5.26 Å². The zero-order chi connectivity index (χ0) is 24.3. The molecule has 0 saturated carbocycles. The number of amidine groups is 1. The fraction of sp³-hybridized carbons (Fsp3) is 0.440. The molecule has 0 bridgehead atoms. The fourth-order valence-corrected chi connectivity index (χ4v) is 4.85. The summed E-state index contributed by atoms with van der Waals surface area (Å²) in [6.07, 6.45) is 0.789. The Labute approximate surface area is 199 Å². The molecule has 4 rings (SSSR count). The summed E-state index contributed by atoms with van der Waals surface area (Å²) in [5.41, 5.74) is 6.90. The number of rotatable bonds is 4. The molecule has 2 aromatic rings. The fourth-order valence-electron chi connectivity index (χ4n) is 3.81. The molecule has 0 spiro atoms. The van der Waals surface area contributed by atoms with Gasteiger partial charge in [-0.3, -0.25) is 0 Å². The zero-order valence-corrected chi connectivity index (χ0v) is 20.5. The molecule has 2 aromatic carbocycles. The molecular weight excluding hydrogens is 441 g/mol. The molecule has 2 heterocycles. The standard InChI is InChI=1S/C15H16FN3O2S.C8H10O.C2H6/c1-20-13-5-12(16)11(4-9(13)6-17)15-8-21-3-2-10(15)7-22-14(18)19-15;1-9-7-8-5-3-2-4-6-8;1-2/h4-5,10H,2-3,7-8H2,1H3,(H2,18,19);2-6H,7H2,1H3;1-2H3. The molecule has 2 N–H and O–H groups in total. The summed E-state index contributed by atoms with van der Waals surface area (Å²) in [4.78, 5) is 4.54. The Bertz CT molecular complexity index is 965. The maximum Gasteiger partial charge on any atom is 0.154 e. The first-order chi connectivity index (χ1) is 16.0. The molecule has 2 atom stereocenters. The SMILES string of the molecule is CC.COCc1ccccc1.COc1cc(F)c(C23COCCC2CSC(N)=N3)cc1C#N. The van der Waals surface area contributed by atoms with Gasteiger partial charge in [-0.25, -0.2) is 9.38 Å². The second kappa shape index (κ2) is 13.2. The molecule has 2 aliphatic heterocycles. The van der Waals surface area contributed by atoms with Crippen molar-refractivity contribution >= 4 is 16.9 Å². The molecule has 2 unspecified atom stereocenters. The maximum atomic E-state index is 14.7. The number of nitrogens with two attached hydrogens (primary N) is 1. The monoisotopic (exact) mass is 473 g/mol. The van der Waals surface area contributed by atoms with Crippen molar-refractivity contribution in [2.45, 2.75) is 32.4 Å². The summed E-state index contributed by atoms with van der Waals surface area (Å²) in [7, 11) is 3.11. The van der Waals surface area contributed by atoms with Gasteiger partial charge in [0.1, 0.15) is 23.2 Å². The van der Waals surface area contributed by atoms with Gasteiger partial charge in [0.05, 0.1) is 25.9 Å². The average Bonchev–Trinajstić information content (AvgIpc) is 2.86. The van der Waals surface area contributed by atoms with Crippen LogP contribution in [0, 0.1) is 23.1 Å². The highest BCUT2D eigenvalue weighted by molar-refractivity contribution is 8.13. The van der Waals surface area contributed by atoms with E-state index in [2.05, 4.69) is 4.99 Å². The Morgan fingerprint density at radius 2 is 2.00 bits per heavy atom. The predicted octanol–water partition coefficient (Wildman–Crippen LogP) is 4.86. The molecular formula is C25H32FN3O3S. The molecule has 2 aliphatic rings. The van der Waals surface area contributed by atoms with Gasteiger partial charge < -0.3 is 19.9 Å². The van der Waals surface area contributed by atoms with Gasteiger partial charge in [0.15, 0.2) is 5.17 Å². The van der Waals surface area contributed by atoms with Crippen molar-refractivity contribution in [3.63, 3.8) is 0 Å². The van der Waals surface area contributed by atoms with Crippen LogP contribution in [0.2, 0.25) is 0 Å². The smallest absolute Gasteiger partial charge is 0.154 e. The van der Waals surface area contributed by atoms with Crippen molar-refractivity contribution in [3.05, 3.63) is 65.0 Å². The van der Waals surface area contributed by atoms with Crippen LogP contribution in [-0.2, 0) is 21.6 Å². The number of nitriles is 1. The van der Waals surface area contributed by atoms with Crippen LogP contribution in [0.25, 0.3) is 0 Å². The first-order valence-electron chi connectivity index (χ1n) is 10.9. The quantitative estimate of drug-likeness (QED) is 0.682. The summed E-state index contributed by atoms with van der Waals surface area (Å²) in [5, 5.41) is 9.69. The van der Waals surface area contributed by atoms with Gasteiger partial charge in [0.25, 0.3) is 0 Å². The summed E-state index contributed by atoms with van der Waals surface area (Å²) in [5.74, 6) is 0.671. The third kappa shape index (κ3) is 6.47. The van der Waals surface area contributed by atoms with Crippen LogP contribution in [0.1, 0.15) is 37.0 Å². The number of ether oxygens (including phenoxy) is 3. The minimum atomic E-state index is -0.852. The van der Waals surface area contributed by atoms with Crippen LogP contribution in [0.15, 0.2) is 47.5 Å². The number of hydrogen-bond acceptors (Lipinski definition) is 7. The number of aliphatic imine (C=N–C) groups is 1. The summed E-state index contributed by atoms with van der Waals surface area (Å²) < 4.78 is 30.2. The number of fused-ring (bicyclic) bond motifs is 1. The minimum absolute atomic E-state index is 0.132. The van der Waals surface area contributed by atoms with E-state index in [1.807, 2.05) is 50.2 Å². The number of nitrogens with zero attached hydrogens (tertiary/aromatic N) is 2. The number of benzene rings is 2. The average molecular weight is 474 g/mol. The molecule has 1 saturated heterocycles. The van der Waals surface area contributed by atoms with E-state index in [1.54, 1.807) is 7.11 Å². The lowest BCUT2D eigenvalue weighted by Crippen LogP contribution is -2.48. The van der Waals surface area contributed by atoms with Gasteiger partial charge in [-0.15, -0.1) is 0 Å². The second-order valence-electron chi connectivity index (χ2n) is 7.29. The minimum Gasteiger partial charge on any atom is -0.495 e. The van der Waals surface area contributed by atoms with E-state index in [0.29, 0.717) is 23.9 Å². The summed E-state index contributed by atoms with van der Waals surface area (Å²) in [6.45, 7) is 5.61. The van der Waals surface area contributed by atoms with Crippen LogP contribution >= 0.6 is 11.8 Å². The summed E-state index contributed by atoms with van der Waals surface area (Å²) >= 11 is 1.48. The van der Waals surface area contributed by atoms with Crippen LogP contribution in [0.5, 0.6) is 5.75 Å². The van der Waals surface area contributed by atoms with Crippen LogP contribution < -0.4 is 10.5 Å². The number of methoxy groups -OCH3 is 2. The highest BCUT2D eigenvalue weighted by Gasteiger charge is 2.47. The number of hydrogen-bond donors (Lipinski definition) is 1. The lowest BCUT2D eigenvalue weighted by Gasteiger charge is -2.43. The lowest BCUT2D eigenvalue weighted by atomic mass is 9.76. The van der Waals surface area contributed by atoms with Crippen LogP contribution in [0.3, 0.4) is 0 Å². The van der Waals surface area contributed by atoms with Gasteiger partial charge in [0.2, 0.25) is 0 Å². The van der Waals surface area contributed by atoms with E-state index in [9.17, 15) is 9.65 Å². The van der Waals surface area contributed by atoms with Crippen molar-refractivity contribution in [3.8, 4) is 11.8 Å². The van der Waals surface area contributed by atoms with Crippen molar-refractivity contribution in [1.82, 2.24) is 0 Å². The Kier molecular flexibility index (Phi) is 10.7. The second-order valence-corrected chi connectivity index (χ2v) is 8.33. The Hall–Kier alpha value is -2.60. The highest BCUT2D eigenvalue weighted by atomic mass is 32.2. The van der Waals surface area contributed by atoms with E-state index in [0.717, 1.165) is 12.2 Å². The molecule has 1 fully saturated rings. The third-order valence-electron chi connectivity index (χ3n) is 5.38. The number of halogens is 1. The van der Waals surface area contributed by atoms with Gasteiger partial charge in [-0.2, -0.15) is 5.26 Å². The molecule has 33 heavy (non-hydrogen) atoms. The topological polar surface area (TPSA) is 89.9 Å². The largest absolute Gasteiger partial charge is 0.495 e. The van der Waals surface area contributed by atoms with Crippen LogP contribution in [0.4, 0.5) is 4.39 Å². The van der Waals surface area contributed by atoms with E-state index in [1.165, 1.54) is 36.6 Å². The third-order valence-corrected chi connectivity index (χ3v) is 6.34. The van der Waals surface area contributed by atoms with Crippen molar-refractivity contribution in [2.24, 2.45) is 16.6 Å². The predicted molar refractivity (Wildman–Crippen MR) is 131 cm³/mol. The van der Waals surface area contributed by atoms with E-state index in [-0.39, 0.29) is 23.8 Å². The van der Waals surface area contributed by atoms with E-state index in [4.69, 9.17) is 19.9 Å². The first-order valence-corrected chi connectivity index (χ1v) is 11.9. The summed E-state index contributed by atoms with van der Waals surface area (Å²) in [6, 6.07) is 14.9. The van der Waals surface area contributed by atoms with Gasteiger partial charge >= 0.3 is 0 Å². The Balaban J connectivity index is 0.000000293. The van der Waals surface area contributed by atoms with Crippen LogP contribution in [-0.4, -0.2) is 38.4 Å². The van der Waals surface area contributed by atoms with Gasteiger partial charge in [-0.1, -0.05) is 55.9 Å². The molecule has 0 aromatic heterocycles. The number of thioether (sulfide) groups is 1. The first kappa shape index (κ1) is 26.7. The Morgan fingerprint density at radius 1 is 1.27 bits per heavy atom.